The van der Waals surface area contributed by atoms with Gasteiger partial charge in [-0.15, -0.1) is 0 Å². The lowest BCUT2D eigenvalue weighted by atomic mass is 10.0. The minimum Gasteiger partial charge on any atom is -0.477 e. The minimum absolute atomic E-state index is 0.0944. The molecule has 0 spiro atoms. The third kappa shape index (κ3) is 2.54. The summed E-state index contributed by atoms with van der Waals surface area (Å²) in [5.74, 6) is -0.840. The number of nitrogens with one attached hydrogen (secondary N) is 1. The highest BCUT2D eigenvalue weighted by Gasteiger charge is 2.22. The number of hydrogen-bond acceptors (Lipinski definition) is 2. The maximum Gasteiger partial charge on any atom is 0.352 e. The van der Waals surface area contributed by atoms with Gasteiger partial charge < -0.3 is 15.0 Å². The Morgan fingerprint density at radius 2 is 2.00 bits per heavy atom. The summed E-state index contributed by atoms with van der Waals surface area (Å²) in [7, 11) is 1.72. The van der Waals surface area contributed by atoms with E-state index < -0.39 is 5.97 Å². The highest BCUT2D eigenvalue weighted by molar-refractivity contribution is 5.88. The zero-order chi connectivity index (χ0) is 15.0. The second-order valence-corrected chi connectivity index (χ2v) is 5.31. The van der Waals surface area contributed by atoms with Gasteiger partial charge in [0.25, 0.3) is 0 Å². The quantitative estimate of drug-likeness (QED) is 0.908. The molecule has 1 aromatic heterocycles. The maximum atomic E-state index is 11.2. The van der Waals surface area contributed by atoms with Crippen molar-refractivity contribution in [3.05, 3.63) is 47.8 Å². The summed E-state index contributed by atoms with van der Waals surface area (Å²) < 4.78 is 1.60. The van der Waals surface area contributed by atoms with E-state index in [0.717, 1.165) is 23.1 Å². The molecule has 1 fully saturated rings. The van der Waals surface area contributed by atoms with Gasteiger partial charge in [-0.05, 0) is 23.6 Å². The Balaban J connectivity index is 1.85. The largest absolute Gasteiger partial charge is 0.477 e. The Labute approximate surface area is 122 Å². The lowest BCUT2D eigenvalue weighted by Crippen LogP contribution is -2.18. The van der Waals surface area contributed by atoms with Crippen LogP contribution in [-0.2, 0) is 11.8 Å². The summed E-state index contributed by atoms with van der Waals surface area (Å²) >= 11 is 0. The Morgan fingerprint density at radius 1 is 1.29 bits per heavy atom. The third-order valence-electron chi connectivity index (χ3n) is 3.87. The van der Waals surface area contributed by atoms with Crippen molar-refractivity contribution < 1.29 is 14.7 Å². The number of nitrogens with zero attached hydrogens (tertiary/aromatic N) is 1. The number of aromatic nitrogens is 1. The number of aromatic carboxylic acids is 1. The zero-order valence-corrected chi connectivity index (χ0v) is 11.7. The smallest absolute Gasteiger partial charge is 0.352 e. The van der Waals surface area contributed by atoms with Crippen molar-refractivity contribution in [3.63, 3.8) is 0 Å². The first-order valence-electron chi connectivity index (χ1n) is 6.84. The maximum absolute atomic E-state index is 11.2. The van der Waals surface area contributed by atoms with E-state index >= 15 is 0 Å². The molecular formula is C16H16N2O3. The topological polar surface area (TPSA) is 71.3 Å². The Morgan fingerprint density at radius 3 is 2.52 bits per heavy atom. The molecule has 1 aliphatic rings. The molecule has 1 amide bonds. The van der Waals surface area contributed by atoms with Crippen LogP contribution >= 0.6 is 0 Å². The Kier molecular flexibility index (Phi) is 3.25. The fourth-order valence-electron chi connectivity index (χ4n) is 2.71. The first kappa shape index (κ1) is 13.4. The SMILES string of the molecule is Cn1cc(-c2ccc(C3CCC(=O)N3)cc2)cc1C(=O)O. The molecule has 1 aliphatic heterocycles. The molecule has 5 heteroatoms. The fraction of sp³-hybridized carbons (Fsp3) is 0.250. The van der Waals surface area contributed by atoms with E-state index in [1.165, 1.54) is 0 Å². The standard InChI is InChI=1S/C16H16N2O3/c1-18-9-12(8-14(18)16(20)21)10-2-4-11(5-3-10)13-6-7-15(19)17-13/h2-5,8-9,13H,6-7H2,1H3,(H,17,19)(H,20,21). The van der Waals surface area contributed by atoms with Gasteiger partial charge in [0.1, 0.15) is 5.69 Å². The van der Waals surface area contributed by atoms with Crippen LogP contribution in [0.1, 0.15) is 34.9 Å². The van der Waals surface area contributed by atoms with Crippen molar-refractivity contribution >= 4 is 11.9 Å². The summed E-state index contributed by atoms with van der Waals surface area (Å²) in [5.41, 5.74) is 3.18. The lowest BCUT2D eigenvalue weighted by Gasteiger charge is -2.10. The van der Waals surface area contributed by atoms with Gasteiger partial charge in [0.2, 0.25) is 5.91 Å². The molecule has 2 N–H and O–H groups in total. The van der Waals surface area contributed by atoms with E-state index in [1.807, 2.05) is 24.3 Å². The van der Waals surface area contributed by atoms with E-state index in [9.17, 15) is 9.59 Å². The predicted molar refractivity (Wildman–Crippen MR) is 77.9 cm³/mol. The van der Waals surface area contributed by atoms with Crippen LogP contribution in [-0.4, -0.2) is 21.6 Å². The van der Waals surface area contributed by atoms with Gasteiger partial charge in [-0.25, -0.2) is 4.79 Å². The van der Waals surface area contributed by atoms with Crippen molar-refractivity contribution in [1.29, 1.82) is 0 Å². The van der Waals surface area contributed by atoms with E-state index in [2.05, 4.69) is 5.32 Å². The van der Waals surface area contributed by atoms with Crippen molar-refractivity contribution in [1.82, 2.24) is 9.88 Å². The molecule has 1 aromatic carbocycles. The molecule has 0 aliphatic carbocycles. The van der Waals surface area contributed by atoms with Gasteiger partial charge in [-0.2, -0.15) is 0 Å². The number of aryl methyl sites for hydroxylation is 1. The van der Waals surface area contributed by atoms with Gasteiger partial charge in [0, 0.05) is 25.2 Å². The summed E-state index contributed by atoms with van der Waals surface area (Å²) in [6, 6.07) is 9.64. The van der Waals surface area contributed by atoms with E-state index in [0.29, 0.717) is 6.42 Å². The molecule has 1 saturated heterocycles. The Hall–Kier alpha value is -2.56. The first-order chi connectivity index (χ1) is 10.0. The highest BCUT2D eigenvalue weighted by Crippen LogP contribution is 2.27. The molecule has 2 aromatic rings. The molecule has 0 bridgehead atoms. The van der Waals surface area contributed by atoms with Crippen LogP contribution in [0.15, 0.2) is 36.5 Å². The van der Waals surface area contributed by atoms with Crippen molar-refractivity contribution in [2.24, 2.45) is 7.05 Å². The van der Waals surface area contributed by atoms with Crippen molar-refractivity contribution in [2.75, 3.05) is 0 Å². The number of carboxylic acids is 1. The second-order valence-electron chi connectivity index (χ2n) is 5.31. The van der Waals surface area contributed by atoms with Gasteiger partial charge in [-0.1, -0.05) is 24.3 Å². The van der Waals surface area contributed by atoms with Crippen LogP contribution in [0, 0.1) is 0 Å². The fourth-order valence-corrected chi connectivity index (χ4v) is 2.71. The van der Waals surface area contributed by atoms with Gasteiger partial charge >= 0.3 is 5.97 Å². The summed E-state index contributed by atoms with van der Waals surface area (Å²) in [5, 5.41) is 12.0. The van der Waals surface area contributed by atoms with Crippen molar-refractivity contribution in [2.45, 2.75) is 18.9 Å². The van der Waals surface area contributed by atoms with Crippen molar-refractivity contribution in [3.8, 4) is 11.1 Å². The van der Waals surface area contributed by atoms with Crippen LogP contribution in [0.5, 0.6) is 0 Å². The summed E-state index contributed by atoms with van der Waals surface area (Å²) in [6.07, 6.45) is 3.20. The number of carbonyl (C=O) groups is 2. The molecule has 5 nitrogen and oxygen atoms in total. The average Bonchev–Trinajstić information content (AvgIpc) is 3.05. The first-order valence-corrected chi connectivity index (χ1v) is 6.84. The third-order valence-corrected chi connectivity index (χ3v) is 3.87. The van der Waals surface area contributed by atoms with Crippen LogP contribution < -0.4 is 5.32 Å². The number of carbonyl (C=O) groups excluding carboxylic acids is 1. The van der Waals surface area contributed by atoms with E-state index in [-0.39, 0.29) is 17.6 Å². The number of amides is 1. The van der Waals surface area contributed by atoms with Gasteiger partial charge in [0.05, 0.1) is 6.04 Å². The minimum atomic E-state index is -0.936. The van der Waals surface area contributed by atoms with Crippen LogP contribution in [0.3, 0.4) is 0 Å². The molecule has 1 atom stereocenters. The average molecular weight is 284 g/mol. The van der Waals surface area contributed by atoms with E-state index in [4.69, 9.17) is 5.11 Å². The lowest BCUT2D eigenvalue weighted by molar-refractivity contribution is -0.119. The molecule has 3 rings (SSSR count). The summed E-state index contributed by atoms with van der Waals surface area (Å²) in [6.45, 7) is 0. The molecule has 1 unspecified atom stereocenters. The number of rotatable bonds is 3. The Bertz CT molecular complexity index is 701. The van der Waals surface area contributed by atoms with Crippen LogP contribution in [0.25, 0.3) is 11.1 Å². The van der Waals surface area contributed by atoms with Crippen LogP contribution in [0.2, 0.25) is 0 Å². The monoisotopic (exact) mass is 284 g/mol. The molecule has 2 heterocycles. The number of benzene rings is 1. The molecule has 21 heavy (non-hydrogen) atoms. The van der Waals surface area contributed by atoms with E-state index in [1.54, 1.807) is 23.9 Å². The van der Waals surface area contributed by atoms with Gasteiger partial charge in [0.15, 0.2) is 0 Å². The molecular weight excluding hydrogens is 268 g/mol. The number of hydrogen-bond donors (Lipinski definition) is 2. The van der Waals surface area contributed by atoms with Gasteiger partial charge in [-0.3, -0.25) is 4.79 Å². The van der Waals surface area contributed by atoms with Crippen LogP contribution in [0.4, 0.5) is 0 Å². The second kappa shape index (κ2) is 5.09. The number of carboxylic acid groups (broad SMARTS) is 1. The predicted octanol–water partition coefficient (Wildman–Crippen LogP) is 2.34. The normalized spacial score (nSPS) is 17.8. The zero-order valence-electron chi connectivity index (χ0n) is 11.7. The molecule has 108 valence electrons. The molecule has 0 radical (unpaired) electrons. The summed E-state index contributed by atoms with van der Waals surface area (Å²) in [4.78, 5) is 22.3. The molecule has 0 saturated carbocycles. The highest BCUT2D eigenvalue weighted by atomic mass is 16.4.